The van der Waals surface area contributed by atoms with Crippen molar-refractivity contribution in [3.63, 3.8) is 0 Å². The van der Waals surface area contributed by atoms with Gasteiger partial charge in [-0.3, -0.25) is 4.68 Å². The maximum Gasteiger partial charge on any atom is 0.0697 e. The third-order valence-electron chi connectivity index (χ3n) is 3.02. The van der Waals surface area contributed by atoms with E-state index >= 15 is 0 Å². The Morgan fingerprint density at radius 1 is 1.35 bits per heavy atom. The monoisotopic (exact) mass is 347 g/mol. The van der Waals surface area contributed by atoms with Gasteiger partial charge in [-0.25, -0.2) is 0 Å². The van der Waals surface area contributed by atoms with E-state index in [0.29, 0.717) is 6.61 Å². The van der Waals surface area contributed by atoms with Gasteiger partial charge >= 0.3 is 0 Å². The van der Waals surface area contributed by atoms with E-state index in [1.165, 1.54) is 5.69 Å². The van der Waals surface area contributed by atoms with Gasteiger partial charge in [0.05, 0.1) is 35.6 Å². The average Bonchev–Trinajstić information content (AvgIpc) is 2.81. The first-order valence-electron chi connectivity index (χ1n) is 7.25. The van der Waals surface area contributed by atoms with Crippen LogP contribution in [-0.4, -0.2) is 43.3 Å². The second-order valence-electron chi connectivity index (χ2n) is 4.60. The summed E-state index contributed by atoms with van der Waals surface area (Å²) in [5.74, 6) is 0. The lowest BCUT2D eigenvalue weighted by Crippen LogP contribution is -2.26. The van der Waals surface area contributed by atoms with E-state index in [4.69, 9.17) is 9.47 Å². The van der Waals surface area contributed by atoms with Gasteiger partial charge in [-0.1, -0.05) is 13.8 Å². The van der Waals surface area contributed by atoms with Crippen LogP contribution in [0.25, 0.3) is 0 Å². The van der Waals surface area contributed by atoms with Crippen LogP contribution in [0.4, 0.5) is 0 Å². The molecule has 0 spiro atoms. The molecule has 6 heteroatoms. The highest BCUT2D eigenvalue weighted by Crippen LogP contribution is 2.25. The number of rotatable bonds is 11. The second kappa shape index (κ2) is 10.3. The molecule has 0 aromatic carbocycles. The SMILES string of the molecule is CCCOCCC(NCC)c1c(Br)cnn1CCOC. The largest absolute Gasteiger partial charge is 0.383 e. The van der Waals surface area contributed by atoms with Gasteiger partial charge in [-0.2, -0.15) is 5.10 Å². The lowest BCUT2D eigenvalue weighted by atomic mass is 10.1. The summed E-state index contributed by atoms with van der Waals surface area (Å²) in [6, 6.07) is 0.241. The van der Waals surface area contributed by atoms with Crippen molar-refractivity contribution in [1.29, 1.82) is 0 Å². The Bertz CT molecular complexity index is 371. The van der Waals surface area contributed by atoms with Crippen molar-refractivity contribution in [2.45, 2.75) is 39.3 Å². The zero-order valence-corrected chi connectivity index (χ0v) is 14.3. The summed E-state index contributed by atoms with van der Waals surface area (Å²) in [4.78, 5) is 0. The van der Waals surface area contributed by atoms with Crippen LogP contribution in [-0.2, 0) is 16.0 Å². The molecular weight excluding hydrogens is 322 g/mol. The Morgan fingerprint density at radius 2 is 2.15 bits per heavy atom. The fourth-order valence-corrected chi connectivity index (χ4v) is 2.68. The topological polar surface area (TPSA) is 48.3 Å². The van der Waals surface area contributed by atoms with Gasteiger partial charge in [0.25, 0.3) is 0 Å². The normalized spacial score (nSPS) is 12.8. The van der Waals surface area contributed by atoms with Crippen LogP contribution in [0.1, 0.15) is 38.4 Å². The fourth-order valence-electron chi connectivity index (χ4n) is 2.10. The first-order valence-corrected chi connectivity index (χ1v) is 8.05. The smallest absolute Gasteiger partial charge is 0.0697 e. The summed E-state index contributed by atoms with van der Waals surface area (Å²) in [5, 5.41) is 7.92. The molecule has 0 saturated heterocycles. The van der Waals surface area contributed by atoms with Crippen LogP contribution in [0.15, 0.2) is 10.7 Å². The van der Waals surface area contributed by atoms with Crippen LogP contribution >= 0.6 is 15.9 Å². The standard InChI is InChI=1S/C14H26BrN3O2/c1-4-8-20-9-6-13(16-5-2)14-12(15)11-17-18(14)7-10-19-3/h11,13,16H,4-10H2,1-3H3. The molecule has 0 aliphatic rings. The maximum atomic E-state index is 5.61. The molecule has 116 valence electrons. The molecule has 1 atom stereocenters. The predicted octanol–water partition coefficient (Wildman–Crippen LogP) is 2.76. The van der Waals surface area contributed by atoms with Crippen molar-refractivity contribution >= 4 is 15.9 Å². The van der Waals surface area contributed by atoms with Gasteiger partial charge in [0, 0.05) is 20.3 Å². The van der Waals surface area contributed by atoms with E-state index in [1.54, 1.807) is 7.11 Å². The van der Waals surface area contributed by atoms with Crippen molar-refractivity contribution in [2.75, 3.05) is 33.5 Å². The highest BCUT2D eigenvalue weighted by molar-refractivity contribution is 9.10. The number of hydrogen-bond donors (Lipinski definition) is 1. The molecule has 0 amide bonds. The van der Waals surface area contributed by atoms with Gasteiger partial charge < -0.3 is 14.8 Å². The Morgan fingerprint density at radius 3 is 2.80 bits per heavy atom. The molecule has 1 heterocycles. The molecule has 1 unspecified atom stereocenters. The summed E-state index contributed by atoms with van der Waals surface area (Å²) in [6.45, 7) is 8.15. The van der Waals surface area contributed by atoms with Crippen molar-refractivity contribution < 1.29 is 9.47 Å². The van der Waals surface area contributed by atoms with E-state index in [2.05, 4.69) is 40.2 Å². The summed E-state index contributed by atoms with van der Waals surface area (Å²) in [5.41, 5.74) is 1.17. The Labute approximate surface area is 130 Å². The minimum atomic E-state index is 0.241. The molecule has 20 heavy (non-hydrogen) atoms. The quantitative estimate of drug-likeness (QED) is 0.625. The van der Waals surface area contributed by atoms with E-state index in [9.17, 15) is 0 Å². The number of aromatic nitrogens is 2. The number of nitrogens with zero attached hydrogens (tertiary/aromatic N) is 2. The Hall–Kier alpha value is -0.430. The highest BCUT2D eigenvalue weighted by atomic mass is 79.9. The zero-order valence-electron chi connectivity index (χ0n) is 12.7. The van der Waals surface area contributed by atoms with Crippen molar-refractivity contribution in [3.05, 3.63) is 16.4 Å². The van der Waals surface area contributed by atoms with Crippen LogP contribution < -0.4 is 5.32 Å². The molecule has 0 fully saturated rings. The number of halogens is 1. The van der Waals surface area contributed by atoms with Gasteiger partial charge in [-0.15, -0.1) is 0 Å². The maximum absolute atomic E-state index is 5.61. The van der Waals surface area contributed by atoms with Crippen LogP contribution in [0.3, 0.4) is 0 Å². The molecule has 0 saturated carbocycles. The molecule has 5 nitrogen and oxygen atoms in total. The van der Waals surface area contributed by atoms with E-state index in [1.807, 2.05) is 10.9 Å². The lowest BCUT2D eigenvalue weighted by Gasteiger charge is -2.20. The van der Waals surface area contributed by atoms with Gasteiger partial charge in [0.2, 0.25) is 0 Å². The Kier molecular flexibility index (Phi) is 9.09. The molecule has 0 bridgehead atoms. The van der Waals surface area contributed by atoms with Gasteiger partial charge in [0.15, 0.2) is 0 Å². The lowest BCUT2D eigenvalue weighted by molar-refractivity contribution is 0.123. The average molecular weight is 348 g/mol. The zero-order chi connectivity index (χ0) is 14.8. The molecule has 1 rings (SSSR count). The fraction of sp³-hybridized carbons (Fsp3) is 0.786. The number of methoxy groups -OCH3 is 1. The first-order chi connectivity index (χ1) is 9.74. The second-order valence-corrected chi connectivity index (χ2v) is 5.46. The molecule has 0 aliphatic heterocycles. The van der Waals surface area contributed by atoms with Crippen LogP contribution in [0.5, 0.6) is 0 Å². The van der Waals surface area contributed by atoms with Gasteiger partial charge in [0.1, 0.15) is 0 Å². The summed E-state index contributed by atoms with van der Waals surface area (Å²) >= 11 is 3.60. The molecule has 1 N–H and O–H groups in total. The Balaban J connectivity index is 2.70. The van der Waals surface area contributed by atoms with Crippen LogP contribution in [0.2, 0.25) is 0 Å². The van der Waals surface area contributed by atoms with E-state index in [0.717, 1.165) is 43.6 Å². The summed E-state index contributed by atoms with van der Waals surface area (Å²) in [7, 11) is 1.71. The molecule has 0 radical (unpaired) electrons. The molecule has 1 aromatic heterocycles. The van der Waals surface area contributed by atoms with E-state index < -0.39 is 0 Å². The minimum Gasteiger partial charge on any atom is -0.383 e. The van der Waals surface area contributed by atoms with Crippen LogP contribution in [0, 0.1) is 0 Å². The number of hydrogen-bond acceptors (Lipinski definition) is 4. The van der Waals surface area contributed by atoms with E-state index in [-0.39, 0.29) is 6.04 Å². The predicted molar refractivity (Wildman–Crippen MR) is 83.9 cm³/mol. The van der Waals surface area contributed by atoms with Gasteiger partial charge in [-0.05, 0) is 35.3 Å². The number of ether oxygens (including phenoxy) is 2. The highest BCUT2D eigenvalue weighted by Gasteiger charge is 2.19. The third-order valence-corrected chi connectivity index (χ3v) is 3.63. The van der Waals surface area contributed by atoms with Crippen molar-refractivity contribution in [1.82, 2.24) is 15.1 Å². The van der Waals surface area contributed by atoms with Crippen molar-refractivity contribution in [2.24, 2.45) is 0 Å². The number of nitrogens with one attached hydrogen (secondary N) is 1. The minimum absolute atomic E-state index is 0.241. The molecular formula is C14H26BrN3O2. The van der Waals surface area contributed by atoms with Crippen molar-refractivity contribution in [3.8, 4) is 0 Å². The molecule has 1 aromatic rings. The summed E-state index contributed by atoms with van der Waals surface area (Å²) < 4.78 is 13.8. The third kappa shape index (κ3) is 5.52. The molecule has 0 aliphatic carbocycles. The summed E-state index contributed by atoms with van der Waals surface area (Å²) in [6.07, 6.45) is 3.84. The first kappa shape index (κ1) is 17.6.